The Kier molecular flexibility index (Phi) is 4.72. The molecule has 0 aliphatic rings. The quantitative estimate of drug-likeness (QED) is 0.713. The number of hydrogen-bond acceptors (Lipinski definition) is 5. The minimum absolute atomic E-state index is 0.0207. The van der Waals surface area contributed by atoms with Crippen molar-refractivity contribution >= 4 is 21.8 Å². The maximum atomic E-state index is 12.1. The third kappa shape index (κ3) is 3.29. The van der Waals surface area contributed by atoms with Crippen LogP contribution in [0.25, 0.3) is 0 Å². The Bertz CT molecular complexity index is 880. The Morgan fingerprint density at radius 1 is 1.04 bits per heavy atom. The van der Waals surface area contributed by atoms with E-state index in [1.54, 1.807) is 18.2 Å². The largest absolute Gasteiger partial charge is 0.372 e. The van der Waals surface area contributed by atoms with Crippen LogP contribution in [-0.2, 0) is 25.2 Å². The number of carbonyl (C=O) groups is 2. The lowest BCUT2D eigenvalue weighted by molar-refractivity contribution is -0.133. The molecule has 0 heterocycles. The van der Waals surface area contributed by atoms with Crippen LogP contribution in [0.3, 0.4) is 0 Å². The topological polar surface area (TPSA) is 127 Å². The van der Waals surface area contributed by atoms with Crippen LogP contribution in [0, 0.1) is 0 Å². The summed E-state index contributed by atoms with van der Waals surface area (Å²) in [6.07, 6.45) is 0. The van der Waals surface area contributed by atoms with Gasteiger partial charge in [0.15, 0.2) is 5.60 Å². The standard InChI is InChI=1S/C16H16N2O5S/c1-11(19)18-24(22,23)14-9-5-8-13(10-14)16(21,15(17)20)12-6-3-2-4-7-12/h2-10,21H,1H3,(H2,17,20)(H,18,19). The van der Waals surface area contributed by atoms with Crippen molar-refractivity contribution in [2.75, 3.05) is 0 Å². The molecule has 0 fully saturated rings. The zero-order valence-corrected chi connectivity index (χ0v) is 13.6. The fourth-order valence-corrected chi connectivity index (χ4v) is 3.30. The molecule has 2 amide bonds. The van der Waals surface area contributed by atoms with E-state index in [-0.39, 0.29) is 16.0 Å². The van der Waals surface area contributed by atoms with Gasteiger partial charge in [-0.25, -0.2) is 13.1 Å². The smallest absolute Gasteiger partial charge is 0.264 e. The summed E-state index contributed by atoms with van der Waals surface area (Å²) in [6, 6.07) is 13.0. The van der Waals surface area contributed by atoms with Crippen LogP contribution in [0.2, 0.25) is 0 Å². The number of primary amides is 1. The van der Waals surface area contributed by atoms with Gasteiger partial charge in [-0.2, -0.15) is 0 Å². The summed E-state index contributed by atoms with van der Waals surface area (Å²) in [7, 11) is -4.11. The zero-order chi connectivity index (χ0) is 18.0. The first kappa shape index (κ1) is 17.6. The van der Waals surface area contributed by atoms with Crippen molar-refractivity contribution in [1.82, 2.24) is 4.72 Å². The van der Waals surface area contributed by atoms with Crippen molar-refractivity contribution in [3.05, 3.63) is 65.7 Å². The molecule has 2 aromatic carbocycles. The Hall–Kier alpha value is -2.71. The molecule has 126 valence electrons. The fraction of sp³-hybridized carbons (Fsp3) is 0.125. The molecule has 2 rings (SSSR count). The number of hydrogen-bond donors (Lipinski definition) is 3. The van der Waals surface area contributed by atoms with Crippen LogP contribution in [0.15, 0.2) is 59.5 Å². The second-order valence-corrected chi connectivity index (χ2v) is 6.81. The summed E-state index contributed by atoms with van der Waals surface area (Å²) in [5.41, 5.74) is 3.34. The Balaban J connectivity index is 2.61. The van der Waals surface area contributed by atoms with Gasteiger partial charge in [0.05, 0.1) is 4.90 Å². The van der Waals surface area contributed by atoms with Crippen molar-refractivity contribution in [1.29, 1.82) is 0 Å². The van der Waals surface area contributed by atoms with Crippen LogP contribution < -0.4 is 10.5 Å². The Morgan fingerprint density at radius 2 is 1.62 bits per heavy atom. The maximum absolute atomic E-state index is 12.1. The minimum atomic E-state index is -4.11. The monoisotopic (exact) mass is 348 g/mol. The molecule has 0 bridgehead atoms. The van der Waals surface area contributed by atoms with E-state index in [1.165, 1.54) is 30.3 Å². The highest BCUT2D eigenvalue weighted by molar-refractivity contribution is 7.90. The summed E-state index contributed by atoms with van der Waals surface area (Å²) in [6.45, 7) is 1.06. The minimum Gasteiger partial charge on any atom is -0.372 e. The van der Waals surface area contributed by atoms with Crippen LogP contribution in [-0.4, -0.2) is 25.3 Å². The van der Waals surface area contributed by atoms with Gasteiger partial charge in [0.2, 0.25) is 5.91 Å². The Morgan fingerprint density at radius 3 is 2.17 bits per heavy atom. The summed E-state index contributed by atoms with van der Waals surface area (Å²) in [5, 5.41) is 10.8. The summed E-state index contributed by atoms with van der Waals surface area (Å²) >= 11 is 0. The average molecular weight is 348 g/mol. The lowest BCUT2D eigenvalue weighted by Crippen LogP contribution is -2.42. The Labute approximate surface area is 139 Å². The van der Waals surface area contributed by atoms with Gasteiger partial charge in [-0.3, -0.25) is 9.59 Å². The van der Waals surface area contributed by atoms with Gasteiger partial charge in [-0.1, -0.05) is 42.5 Å². The molecular formula is C16H16N2O5S. The first-order chi connectivity index (χ1) is 11.2. The number of carbonyl (C=O) groups excluding carboxylic acids is 2. The molecule has 24 heavy (non-hydrogen) atoms. The molecule has 2 aromatic rings. The first-order valence-corrected chi connectivity index (χ1v) is 8.38. The molecule has 0 spiro atoms. The van der Waals surface area contributed by atoms with Gasteiger partial charge >= 0.3 is 0 Å². The lowest BCUT2D eigenvalue weighted by Gasteiger charge is -2.26. The molecular weight excluding hydrogens is 332 g/mol. The van der Waals surface area contributed by atoms with E-state index < -0.39 is 27.4 Å². The molecule has 4 N–H and O–H groups in total. The third-order valence-corrected chi connectivity index (χ3v) is 4.82. The molecule has 7 nitrogen and oxygen atoms in total. The van der Waals surface area contributed by atoms with Crippen LogP contribution >= 0.6 is 0 Å². The van der Waals surface area contributed by atoms with E-state index in [9.17, 15) is 23.1 Å². The van der Waals surface area contributed by atoms with Crippen molar-refractivity contribution in [3.8, 4) is 0 Å². The molecule has 0 aliphatic heterocycles. The lowest BCUT2D eigenvalue weighted by atomic mass is 9.86. The number of benzene rings is 2. The normalized spacial score (nSPS) is 13.8. The number of amides is 2. The van der Waals surface area contributed by atoms with Crippen LogP contribution in [0.5, 0.6) is 0 Å². The second-order valence-electron chi connectivity index (χ2n) is 5.13. The highest BCUT2D eigenvalue weighted by Gasteiger charge is 2.38. The van der Waals surface area contributed by atoms with Crippen molar-refractivity contribution < 1.29 is 23.1 Å². The number of rotatable bonds is 5. The SMILES string of the molecule is CC(=O)NS(=O)(=O)c1cccc(C(O)(C(N)=O)c2ccccc2)c1. The molecule has 0 saturated heterocycles. The molecule has 1 unspecified atom stereocenters. The van der Waals surface area contributed by atoms with Gasteiger partial charge in [-0.15, -0.1) is 0 Å². The average Bonchev–Trinajstić information content (AvgIpc) is 2.53. The molecule has 0 aromatic heterocycles. The van der Waals surface area contributed by atoms with Gasteiger partial charge in [0.1, 0.15) is 0 Å². The zero-order valence-electron chi connectivity index (χ0n) is 12.8. The highest BCUT2D eigenvalue weighted by Crippen LogP contribution is 2.30. The van der Waals surface area contributed by atoms with E-state index in [4.69, 9.17) is 5.73 Å². The molecule has 0 saturated carbocycles. The fourth-order valence-electron chi connectivity index (χ4n) is 2.27. The van der Waals surface area contributed by atoms with Crippen LogP contribution in [0.4, 0.5) is 0 Å². The molecule has 0 radical (unpaired) electrons. The molecule has 0 aliphatic carbocycles. The second kappa shape index (κ2) is 6.42. The third-order valence-electron chi connectivity index (χ3n) is 3.39. The van der Waals surface area contributed by atoms with Gasteiger partial charge in [-0.05, 0) is 23.3 Å². The summed E-state index contributed by atoms with van der Waals surface area (Å²) < 4.78 is 26.0. The summed E-state index contributed by atoms with van der Waals surface area (Å²) in [5.74, 6) is -1.81. The molecule has 8 heteroatoms. The number of nitrogens with one attached hydrogen (secondary N) is 1. The van der Waals surface area contributed by atoms with E-state index in [1.807, 2.05) is 4.72 Å². The predicted molar refractivity (Wildman–Crippen MR) is 86.1 cm³/mol. The van der Waals surface area contributed by atoms with E-state index >= 15 is 0 Å². The van der Waals surface area contributed by atoms with E-state index in [0.717, 1.165) is 13.0 Å². The molecule has 1 atom stereocenters. The first-order valence-electron chi connectivity index (χ1n) is 6.89. The van der Waals surface area contributed by atoms with Crippen molar-refractivity contribution in [3.63, 3.8) is 0 Å². The predicted octanol–water partition coefficient (Wildman–Crippen LogP) is 0.233. The number of nitrogens with two attached hydrogens (primary N) is 1. The van der Waals surface area contributed by atoms with Gasteiger partial charge < -0.3 is 10.8 Å². The van der Waals surface area contributed by atoms with Crippen LogP contribution in [0.1, 0.15) is 18.1 Å². The van der Waals surface area contributed by atoms with Gasteiger partial charge in [0.25, 0.3) is 15.9 Å². The van der Waals surface area contributed by atoms with Gasteiger partial charge in [0, 0.05) is 6.92 Å². The van der Waals surface area contributed by atoms with E-state index in [0.29, 0.717) is 0 Å². The van der Waals surface area contributed by atoms with E-state index in [2.05, 4.69) is 0 Å². The summed E-state index contributed by atoms with van der Waals surface area (Å²) in [4.78, 5) is 22.7. The number of aliphatic hydroxyl groups is 1. The highest BCUT2D eigenvalue weighted by atomic mass is 32.2. The van der Waals surface area contributed by atoms with Crippen molar-refractivity contribution in [2.45, 2.75) is 17.4 Å². The number of sulfonamides is 1. The maximum Gasteiger partial charge on any atom is 0.264 e. The van der Waals surface area contributed by atoms with Crippen molar-refractivity contribution in [2.24, 2.45) is 5.73 Å².